The Balaban J connectivity index is 2.02. The molecule has 2 aromatic carbocycles. The quantitative estimate of drug-likeness (QED) is 0.529. The number of para-hydroxylation sites is 1. The zero-order valence-electron chi connectivity index (χ0n) is 18.8. The SMILES string of the molecule is COc1cccc(C2NC(=O)NC(C)=C2C(=O)OCC(C)C)c1OCc1c(F)cccc1Cl. The smallest absolute Gasteiger partial charge is 0.338 e. The average molecular weight is 477 g/mol. The number of urea groups is 1. The summed E-state index contributed by atoms with van der Waals surface area (Å²) in [6.07, 6.45) is 0. The van der Waals surface area contributed by atoms with E-state index in [1.807, 2.05) is 13.8 Å². The summed E-state index contributed by atoms with van der Waals surface area (Å²) >= 11 is 6.14. The van der Waals surface area contributed by atoms with E-state index in [4.69, 9.17) is 25.8 Å². The molecule has 1 unspecified atom stereocenters. The fraction of sp³-hybridized carbons (Fsp3) is 0.333. The van der Waals surface area contributed by atoms with Crippen LogP contribution >= 0.6 is 11.6 Å². The minimum absolute atomic E-state index is 0.140. The van der Waals surface area contributed by atoms with Crippen LogP contribution in [0, 0.1) is 11.7 Å². The van der Waals surface area contributed by atoms with Gasteiger partial charge in [0, 0.05) is 16.8 Å². The molecule has 33 heavy (non-hydrogen) atoms. The van der Waals surface area contributed by atoms with E-state index in [-0.39, 0.29) is 41.0 Å². The zero-order valence-corrected chi connectivity index (χ0v) is 19.6. The minimum atomic E-state index is -0.875. The van der Waals surface area contributed by atoms with E-state index in [0.717, 1.165) is 0 Å². The highest BCUT2D eigenvalue weighted by Crippen LogP contribution is 2.40. The highest BCUT2D eigenvalue weighted by molar-refractivity contribution is 6.31. The Labute approximate surface area is 196 Å². The summed E-state index contributed by atoms with van der Waals surface area (Å²) in [5, 5.41) is 5.58. The van der Waals surface area contributed by atoms with Gasteiger partial charge in [-0.15, -0.1) is 0 Å². The first-order valence-electron chi connectivity index (χ1n) is 10.4. The van der Waals surface area contributed by atoms with Crippen LogP contribution in [0.3, 0.4) is 0 Å². The number of esters is 1. The Morgan fingerprint density at radius 3 is 2.61 bits per heavy atom. The zero-order chi connectivity index (χ0) is 24.1. The third kappa shape index (κ3) is 5.57. The second kappa shape index (κ2) is 10.6. The second-order valence-electron chi connectivity index (χ2n) is 7.93. The van der Waals surface area contributed by atoms with E-state index in [1.165, 1.54) is 19.2 Å². The van der Waals surface area contributed by atoms with Crippen molar-refractivity contribution in [3.63, 3.8) is 0 Å². The first-order valence-corrected chi connectivity index (χ1v) is 10.8. The Bertz CT molecular complexity index is 1070. The Morgan fingerprint density at radius 2 is 1.94 bits per heavy atom. The number of allylic oxidation sites excluding steroid dienone is 1. The van der Waals surface area contributed by atoms with Gasteiger partial charge in [0.15, 0.2) is 11.5 Å². The molecule has 176 valence electrons. The number of ether oxygens (including phenoxy) is 3. The molecule has 9 heteroatoms. The van der Waals surface area contributed by atoms with Gasteiger partial charge in [0.2, 0.25) is 0 Å². The number of carbonyl (C=O) groups excluding carboxylic acids is 2. The molecule has 2 N–H and O–H groups in total. The van der Waals surface area contributed by atoms with Crippen LogP contribution in [0.2, 0.25) is 5.02 Å². The van der Waals surface area contributed by atoms with Crippen LogP contribution in [-0.4, -0.2) is 25.7 Å². The fourth-order valence-corrected chi connectivity index (χ4v) is 3.63. The lowest BCUT2D eigenvalue weighted by Crippen LogP contribution is -2.45. The topological polar surface area (TPSA) is 85.9 Å². The number of rotatable bonds is 8. The summed E-state index contributed by atoms with van der Waals surface area (Å²) in [6, 6.07) is 8.06. The van der Waals surface area contributed by atoms with Gasteiger partial charge in [0.1, 0.15) is 12.4 Å². The van der Waals surface area contributed by atoms with Crippen LogP contribution in [-0.2, 0) is 16.1 Å². The molecule has 0 saturated heterocycles. The molecule has 0 aliphatic carbocycles. The maximum absolute atomic E-state index is 14.3. The summed E-state index contributed by atoms with van der Waals surface area (Å²) in [6.45, 7) is 5.51. The molecule has 0 aromatic heterocycles. The van der Waals surface area contributed by atoms with Gasteiger partial charge < -0.3 is 24.8 Å². The molecule has 0 spiro atoms. The number of hydrogen-bond donors (Lipinski definition) is 2. The van der Waals surface area contributed by atoms with E-state index in [1.54, 1.807) is 31.2 Å². The number of hydrogen-bond acceptors (Lipinski definition) is 5. The summed E-state index contributed by atoms with van der Waals surface area (Å²) < 4.78 is 31.1. The first-order chi connectivity index (χ1) is 15.7. The van der Waals surface area contributed by atoms with E-state index in [0.29, 0.717) is 17.0 Å². The largest absolute Gasteiger partial charge is 0.493 e. The van der Waals surface area contributed by atoms with Crippen molar-refractivity contribution in [3.05, 3.63) is 69.6 Å². The third-order valence-corrected chi connectivity index (χ3v) is 5.35. The lowest BCUT2D eigenvalue weighted by Gasteiger charge is -2.30. The molecule has 1 aliphatic rings. The highest BCUT2D eigenvalue weighted by atomic mass is 35.5. The van der Waals surface area contributed by atoms with Crippen molar-refractivity contribution in [3.8, 4) is 11.5 Å². The van der Waals surface area contributed by atoms with Crippen molar-refractivity contribution in [1.82, 2.24) is 10.6 Å². The molecule has 0 saturated carbocycles. The van der Waals surface area contributed by atoms with Gasteiger partial charge in [-0.2, -0.15) is 0 Å². The Kier molecular flexibility index (Phi) is 7.81. The minimum Gasteiger partial charge on any atom is -0.493 e. The Morgan fingerprint density at radius 1 is 1.21 bits per heavy atom. The van der Waals surface area contributed by atoms with Crippen molar-refractivity contribution in [2.24, 2.45) is 5.92 Å². The predicted molar refractivity (Wildman–Crippen MR) is 122 cm³/mol. The number of benzene rings is 2. The molecule has 1 atom stereocenters. The predicted octanol–water partition coefficient (Wildman–Crippen LogP) is 4.89. The van der Waals surface area contributed by atoms with Crippen molar-refractivity contribution in [2.75, 3.05) is 13.7 Å². The van der Waals surface area contributed by atoms with Gasteiger partial charge in [0.05, 0.1) is 30.4 Å². The molecule has 1 aliphatic heterocycles. The summed E-state index contributed by atoms with van der Waals surface area (Å²) in [5.41, 5.74) is 1.22. The highest BCUT2D eigenvalue weighted by Gasteiger charge is 2.35. The van der Waals surface area contributed by atoms with Gasteiger partial charge in [-0.25, -0.2) is 14.0 Å². The van der Waals surface area contributed by atoms with Crippen LogP contribution in [0.15, 0.2) is 47.7 Å². The number of amides is 2. The van der Waals surface area contributed by atoms with Gasteiger partial charge in [-0.05, 0) is 31.0 Å². The normalized spacial score (nSPS) is 15.7. The van der Waals surface area contributed by atoms with Crippen LogP contribution in [0.5, 0.6) is 11.5 Å². The maximum Gasteiger partial charge on any atom is 0.338 e. The lowest BCUT2D eigenvalue weighted by molar-refractivity contribution is -0.140. The van der Waals surface area contributed by atoms with Crippen molar-refractivity contribution in [1.29, 1.82) is 0 Å². The van der Waals surface area contributed by atoms with Crippen molar-refractivity contribution >= 4 is 23.6 Å². The van der Waals surface area contributed by atoms with Gasteiger partial charge >= 0.3 is 12.0 Å². The molecule has 1 heterocycles. The molecule has 7 nitrogen and oxygen atoms in total. The fourth-order valence-electron chi connectivity index (χ4n) is 3.41. The van der Waals surface area contributed by atoms with Crippen LogP contribution in [0.25, 0.3) is 0 Å². The number of methoxy groups -OCH3 is 1. The first kappa shape index (κ1) is 24.4. The maximum atomic E-state index is 14.3. The monoisotopic (exact) mass is 476 g/mol. The molecule has 0 radical (unpaired) electrons. The lowest BCUT2D eigenvalue weighted by atomic mass is 9.94. The second-order valence-corrected chi connectivity index (χ2v) is 8.34. The van der Waals surface area contributed by atoms with E-state index in [9.17, 15) is 14.0 Å². The van der Waals surface area contributed by atoms with E-state index in [2.05, 4.69) is 10.6 Å². The summed E-state index contributed by atoms with van der Waals surface area (Å²) in [5.74, 6) is -0.345. The molecule has 2 amide bonds. The molecule has 3 rings (SSSR count). The Hall–Kier alpha value is -3.26. The van der Waals surface area contributed by atoms with Crippen LogP contribution in [0.4, 0.5) is 9.18 Å². The van der Waals surface area contributed by atoms with Crippen LogP contribution in [0.1, 0.15) is 37.9 Å². The molecule has 2 aromatic rings. The number of nitrogens with one attached hydrogen (secondary N) is 2. The van der Waals surface area contributed by atoms with Gasteiger partial charge in [0.25, 0.3) is 0 Å². The van der Waals surface area contributed by atoms with Gasteiger partial charge in [-0.1, -0.05) is 43.6 Å². The summed E-state index contributed by atoms with van der Waals surface area (Å²) in [7, 11) is 1.46. The average Bonchev–Trinajstić information content (AvgIpc) is 2.76. The molecular formula is C24H26ClFN2O5. The summed E-state index contributed by atoms with van der Waals surface area (Å²) in [4.78, 5) is 25.2. The third-order valence-electron chi connectivity index (χ3n) is 5.00. The molecule has 0 bridgehead atoms. The molecular weight excluding hydrogens is 451 g/mol. The number of halogens is 2. The molecule has 0 fully saturated rings. The standard InChI is InChI=1S/C24H26ClFN2O5/c1-13(2)11-33-23(29)20-14(3)27-24(30)28-21(20)15-7-5-10-19(31-4)22(15)32-12-16-17(25)8-6-9-18(16)26/h5-10,13,21H,11-12H2,1-4H3,(H2,27,28,30). The van der Waals surface area contributed by atoms with Crippen molar-refractivity contribution in [2.45, 2.75) is 33.4 Å². The van der Waals surface area contributed by atoms with Crippen molar-refractivity contribution < 1.29 is 28.2 Å². The van der Waals surface area contributed by atoms with E-state index >= 15 is 0 Å². The van der Waals surface area contributed by atoms with Gasteiger partial charge in [-0.3, -0.25) is 0 Å². The number of carbonyl (C=O) groups is 2. The van der Waals surface area contributed by atoms with Crippen LogP contribution < -0.4 is 20.1 Å². The van der Waals surface area contributed by atoms with E-state index < -0.39 is 23.9 Å².